The van der Waals surface area contributed by atoms with Crippen LogP contribution in [0.25, 0.3) is 5.52 Å². The lowest BCUT2D eigenvalue weighted by molar-refractivity contribution is 0.0217. The van der Waals surface area contributed by atoms with E-state index in [0.29, 0.717) is 18.0 Å². The second kappa shape index (κ2) is 4.88. The summed E-state index contributed by atoms with van der Waals surface area (Å²) >= 11 is 0. The van der Waals surface area contributed by atoms with Gasteiger partial charge in [-0.25, -0.2) is 0 Å². The number of rotatable bonds is 2. The molecule has 1 amide bonds. The number of carbonyl (C=O) groups excluding carboxylic acids is 1. The van der Waals surface area contributed by atoms with Crippen molar-refractivity contribution in [1.82, 2.24) is 14.6 Å². The lowest BCUT2D eigenvalue weighted by Gasteiger charge is -2.49. The van der Waals surface area contributed by atoms with E-state index in [-0.39, 0.29) is 5.91 Å². The van der Waals surface area contributed by atoms with Crippen LogP contribution in [0.5, 0.6) is 0 Å². The van der Waals surface area contributed by atoms with Gasteiger partial charge in [0.2, 0.25) is 0 Å². The molecule has 0 radical (unpaired) electrons. The Morgan fingerprint density at radius 2 is 2.05 bits per heavy atom. The Kier molecular flexibility index (Phi) is 3.00. The number of piperidine rings is 3. The number of pyridine rings is 1. The maximum Gasteiger partial charge on any atom is 0.253 e. The Morgan fingerprint density at radius 3 is 2.81 bits per heavy atom. The monoisotopic (exact) mass is 283 g/mol. The smallest absolute Gasteiger partial charge is 0.253 e. The number of carbonyl (C=O) groups is 1. The first kappa shape index (κ1) is 12.9. The lowest BCUT2D eigenvalue weighted by Crippen LogP contribution is -2.62. The molecule has 4 nitrogen and oxygen atoms in total. The summed E-state index contributed by atoms with van der Waals surface area (Å²) in [7, 11) is 0. The highest BCUT2D eigenvalue weighted by Crippen LogP contribution is 2.32. The Hall–Kier alpha value is -1.81. The maximum atomic E-state index is 12.6. The number of aromatic nitrogens is 1. The Morgan fingerprint density at radius 1 is 1.24 bits per heavy atom. The molecule has 4 heteroatoms. The largest absolute Gasteiger partial charge is 0.347 e. The van der Waals surface area contributed by atoms with Crippen LogP contribution in [-0.4, -0.2) is 40.4 Å². The molecule has 3 aliphatic heterocycles. The van der Waals surface area contributed by atoms with Gasteiger partial charge >= 0.3 is 0 Å². The molecule has 0 saturated carbocycles. The molecule has 3 fully saturated rings. The predicted octanol–water partition coefficient (Wildman–Crippen LogP) is 2.15. The Bertz CT molecular complexity index is 667. The molecule has 2 aromatic heterocycles. The first-order valence-corrected chi connectivity index (χ1v) is 7.84. The fraction of sp³-hybridized carbons (Fsp3) is 0.471. The van der Waals surface area contributed by atoms with Gasteiger partial charge in [-0.15, -0.1) is 0 Å². The third-order valence-electron chi connectivity index (χ3n) is 5.26. The van der Waals surface area contributed by atoms with Gasteiger partial charge in [-0.05, 0) is 63.0 Å². The van der Waals surface area contributed by atoms with Crippen molar-refractivity contribution >= 4 is 11.4 Å². The second-order valence-corrected chi connectivity index (χ2v) is 6.37. The molecule has 0 aromatic carbocycles. The molecule has 2 atom stereocenters. The van der Waals surface area contributed by atoms with Crippen LogP contribution in [0.4, 0.5) is 0 Å². The molecule has 1 N–H and O–H groups in total. The average Bonchev–Trinajstić information content (AvgIpc) is 2.98. The third kappa shape index (κ3) is 2.14. The molecule has 0 aliphatic carbocycles. The molecule has 2 bridgehead atoms. The van der Waals surface area contributed by atoms with Crippen LogP contribution >= 0.6 is 0 Å². The van der Waals surface area contributed by atoms with Crippen LogP contribution in [0.1, 0.15) is 30.1 Å². The van der Waals surface area contributed by atoms with Crippen LogP contribution in [0.2, 0.25) is 0 Å². The van der Waals surface area contributed by atoms with E-state index in [0.717, 1.165) is 11.1 Å². The van der Waals surface area contributed by atoms with Crippen LogP contribution in [-0.2, 0) is 0 Å². The molecule has 0 spiro atoms. The zero-order valence-corrected chi connectivity index (χ0v) is 12.3. The van der Waals surface area contributed by atoms with Crippen LogP contribution in [0, 0.1) is 5.92 Å². The number of nitrogens with zero attached hydrogens (tertiary/aromatic N) is 2. The quantitative estimate of drug-likeness (QED) is 0.917. The molecule has 110 valence electrons. The number of hydrogen-bond acceptors (Lipinski definition) is 2. The van der Waals surface area contributed by atoms with Gasteiger partial charge in [0.1, 0.15) is 0 Å². The third-order valence-corrected chi connectivity index (χ3v) is 5.26. The summed E-state index contributed by atoms with van der Waals surface area (Å²) in [6.07, 6.45) is 6.32. The van der Waals surface area contributed by atoms with Crippen LogP contribution < -0.4 is 5.32 Å². The highest BCUT2D eigenvalue weighted by Gasteiger charge is 2.40. The van der Waals surface area contributed by atoms with Gasteiger partial charge in [0, 0.05) is 30.0 Å². The van der Waals surface area contributed by atoms with Crippen molar-refractivity contribution in [2.24, 2.45) is 5.92 Å². The average molecular weight is 283 g/mol. The summed E-state index contributed by atoms with van der Waals surface area (Å²) in [5.41, 5.74) is 1.85. The molecular weight excluding hydrogens is 262 g/mol. The van der Waals surface area contributed by atoms with Gasteiger partial charge in [-0.3, -0.25) is 9.69 Å². The molecule has 5 rings (SSSR count). The van der Waals surface area contributed by atoms with E-state index >= 15 is 0 Å². The number of fused-ring (bicyclic) bond motifs is 4. The van der Waals surface area contributed by atoms with Crippen molar-refractivity contribution in [2.45, 2.75) is 31.8 Å². The molecule has 5 heterocycles. The van der Waals surface area contributed by atoms with E-state index in [1.165, 1.54) is 25.9 Å². The summed E-state index contributed by atoms with van der Waals surface area (Å²) in [5, 5.41) is 3.28. The second-order valence-electron chi connectivity index (χ2n) is 6.37. The highest BCUT2D eigenvalue weighted by atomic mass is 16.1. The SMILES string of the molecule is CC1C(NC(=O)c2ccc3cccn3c2)C2CCN1CC2. The van der Waals surface area contributed by atoms with Gasteiger partial charge in [0.05, 0.1) is 5.56 Å². The lowest BCUT2D eigenvalue weighted by atomic mass is 9.79. The van der Waals surface area contributed by atoms with Crippen LogP contribution in [0.3, 0.4) is 0 Å². The highest BCUT2D eigenvalue weighted by molar-refractivity contribution is 5.94. The van der Waals surface area contributed by atoms with Crippen molar-refractivity contribution in [2.75, 3.05) is 13.1 Å². The van der Waals surface area contributed by atoms with Gasteiger partial charge in [-0.1, -0.05) is 0 Å². The number of amides is 1. The van der Waals surface area contributed by atoms with Crippen molar-refractivity contribution in [3.05, 3.63) is 42.2 Å². The fourth-order valence-electron chi connectivity index (χ4n) is 3.95. The van der Waals surface area contributed by atoms with Crippen molar-refractivity contribution in [1.29, 1.82) is 0 Å². The van der Waals surface area contributed by atoms with E-state index in [4.69, 9.17) is 0 Å². The van der Waals surface area contributed by atoms with E-state index < -0.39 is 0 Å². The summed E-state index contributed by atoms with van der Waals surface area (Å²) < 4.78 is 1.99. The molecule has 2 aromatic rings. The fourth-order valence-corrected chi connectivity index (χ4v) is 3.95. The Balaban J connectivity index is 1.54. The van der Waals surface area contributed by atoms with Crippen molar-refractivity contribution in [3.8, 4) is 0 Å². The summed E-state index contributed by atoms with van der Waals surface area (Å²) in [5.74, 6) is 0.695. The molecular formula is C17H21N3O. The van der Waals surface area contributed by atoms with Crippen molar-refractivity contribution in [3.63, 3.8) is 0 Å². The van der Waals surface area contributed by atoms with E-state index in [1.807, 2.05) is 41.1 Å². The summed E-state index contributed by atoms with van der Waals surface area (Å²) in [6, 6.07) is 8.69. The number of hydrogen-bond donors (Lipinski definition) is 1. The molecule has 3 aliphatic rings. The Labute approximate surface area is 124 Å². The predicted molar refractivity (Wildman–Crippen MR) is 82.4 cm³/mol. The molecule has 21 heavy (non-hydrogen) atoms. The first-order valence-electron chi connectivity index (χ1n) is 7.84. The van der Waals surface area contributed by atoms with Gasteiger partial charge < -0.3 is 9.72 Å². The van der Waals surface area contributed by atoms with Gasteiger partial charge in [0.25, 0.3) is 5.91 Å². The standard InChI is InChI=1S/C17H21N3O/c1-12-16(13-6-9-19(12)10-7-13)18-17(21)14-4-5-15-3-2-8-20(15)11-14/h2-5,8,11-13,16H,6-7,9-10H2,1H3,(H,18,21). The van der Waals surface area contributed by atoms with E-state index in [2.05, 4.69) is 17.1 Å². The summed E-state index contributed by atoms with van der Waals surface area (Å²) in [6.45, 7) is 4.62. The topological polar surface area (TPSA) is 36.8 Å². The maximum absolute atomic E-state index is 12.6. The van der Waals surface area contributed by atoms with E-state index in [1.54, 1.807) is 0 Å². The normalized spacial score (nSPS) is 31.5. The van der Waals surface area contributed by atoms with Crippen molar-refractivity contribution < 1.29 is 4.79 Å². The zero-order chi connectivity index (χ0) is 14.4. The van der Waals surface area contributed by atoms with E-state index in [9.17, 15) is 4.79 Å². The molecule has 3 saturated heterocycles. The zero-order valence-electron chi connectivity index (χ0n) is 12.3. The minimum atomic E-state index is 0.0520. The first-order chi connectivity index (χ1) is 10.2. The minimum Gasteiger partial charge on any atom is -0.347 e. The minimum absolute atomic E-state index is 0.0520. The van der Waals surface area contributed by atoms with Gasteiger partial charge in [-0.2, -0.15) is 0 Å². The van der Waals surface area contributed by atoms with Crippen LogP contribution in [0.15, 0.2) is 36.7 Å². The summed E-state index contributed by atoms with van der Waals surface area (Å²) in [4.78, 5) is 15.1. The molecule has 2 unspecified atom stereocenters. The van der Waals surface area contributed by atoms with Gasteiger partial charge in [0.15, 0.2) is 0 Å². The number of nitrogens with one attached hydrogen (secondary N) is 1.